The van der Waals surface area contributed by atoms with Crippen molar-refractivity contribution in [2.45, 2.75) is 25.8 Å². The first-order chi connectivity index (χ1) is 10.4. The van der Waals surface area contributed by atoms with Crippen LogP contribution in [-0.2, 0) is 21.1 Å². The first kappa shape index (κ1) is 15.0. The minimum Gasteiger partial charge on any atom is -0.348 e. The fraction of sp³-hybridized carbons (Fsp3) is 0.467. The van der Waals surface area contributed by atoms with Crippen LogP contribution in [0.25, 0.3) is 0 Å². The van der Waals surface area contributed by atoms with Gasteiger partial charge in [0.1, 0.15) is 0 Å². The van der Waals surface area contributed by atoms with Crippen molar-refractivity contribution in [3.05, 3.63) is 29.3 Å². The number of anilines is 1. The van der Waals surface area contributed by atoms with Crippen molar-refractivity contribution in [3.63, 3.8) is 0 Å². The average molecular weight is 322 g/mol. The molecule has 22 heavy (non-hydrogen) atoms. The highest BCUT2D eigenvalue weighted by atomic mass is 32.2. The molecule has 2 aliphatic heterocycles. The fourth-order valence-electron chi connectivity index (χ4n) is 3.05. The number of carbonyl (C=O) groups excluding carboxylic acids is 2. The van der Waals surface area contributed by atoms with E-state index in [9.17, 15) is 18.0 Å². The molecule has 0 bridgehead atoms. The molecule has 1 aromatic carbocycles. The molecular weight excluding hydrogens is 304 g/mol. The lowest BCUT2D eigenvalue weighted by Gasteiger charge is -2.15. The number of nitrogens with one attached hydrogen (secondary N) is 1. The van der Waals surface area contributed by atoms with Crippen molar-refractivity contribution >= 4 is 27.3 Å². The molecule has 1 saturated heterocycles. The first-order valence-electron chi connectivity index (χ1n) is 7.28. The maximum Gasteiger partial charge on any atom is 0.251 e. The molecule has 0 radical (unpaired) electrons. The molecule has 1 aromatic rings. The highest BCUT2D eigenvalue weighted by molar-refractivity contribution is 7.91. The molecule has 1 N–H and O–H groups in total. The summed E-state index contributed by atoms with van der Waals surface area (Å²) in [5, 5.41) is 2.78. The largest absolute Gasteiger partial charge is 0.348 e. The lowest BCUT2D eigenvalue weighted by atomic mass is 10.1. The van der Waals surface area contributed by atoms with Gasteiger partial charge in [-0.15, -0.1) is 0 Å². The van der Waals surface area contributed by atoms with Gasteiger partial charge in [-0.25, -0.2) is 8.42 Å². The van der Waals surface area contributed by atoms with Crippen molar-refractivity contribution in [3.8, 4) is 0 Å². The summed E-state index contributed by atoms with van der Waals surface area (Å²) in [6, 6.07) is 4.94. The Kier molecular flexibility index (Phi) is 3.68. The summed E-state index contributed by atoms with van der Waals surface area (Å²) in [5.41, 5.74) is 2.34. The third-order valence-electron chi connectivity index (χ3n) is 4.18. The zero-order valence-corrected chi connectivity index (χ0v) is 13.1. The number of hydrogen-bond donors (Lipinski definition) is 1. The van der Waals surface area contributed by atoms with Crippen LogP contribution in [0.2, 0.25) is 0 Å². The second-order valence-corrected chi connectivity index (χ2v) is 8.07. The predicted molar refractivity (Wildman–Crippen MR) is 82.7 cm³/mol. The summed E-state index contributed by atoms with van der Waals surface area (Å²) < 4.78 is 22.8. The van der Waals surface area contributed by atoms with Gasteiger partial charge in [0.05, 0.1) is 11.5 Å². The summed E-state index contributed by atoms with van der Waals surface area (Å²) >= 11 is 0. The number of amides is 2. The van der Waals surface area contributed by atoms with Crippen LogP contribution in [-0.4, -0.2) is 44.3 Å². The topological polar surface area (TPSA) is 83.6 Å². The minimum atomic E-state index is -3.01. The number of fused-ring (bicyclic) bond motifs is 1. The lowest BCUT2D eigenvalue weighted by Crippen LogP contribution is -2.35. The van der Waals surface area contributed by atoms with Gasteiger partial charge in [-0.3, -0.25) is 9.59 Å². The maximum absolute atomic E-state index is 12.2. The normalized spacial score (nSPS) is 22.4. The molecule has 2 heterocycles. The second-order valence-electron chi connectivity index (χ2n) is 5.84. The van der Waals surface area contributed by atoms with E-state index in [1.54, 1.807) is 23.1 Å². The van der Waals surface area contributed by atoms with Crippen LogP contribution in [0.5, 0.6) is 0 Å². The molecule has 6 nitrogen and oxygen atoms in total. The van der Waals surface area contributed by atoms with Crippen LogP contribution >= 0.6 is 0 Å². The maximum atomic E-state index is 12.2. The van der Waals surface area contributed by atoms with E-state index < -0.39 is 9.84 Å². The third-order valence-corrected chi connectivity index (χ3v) is 5.95. The quantitative estimate of drug-likeness (QED) is 0.860. The van der Waals surface area contributed by atoms with Gasteiger partial charge in [-0.1, -0.05) is 0 Å². The molecule has 7 heteroatoms. The fourth-order valence-corrected chi connectivity index (χ4v) is 4.72. The van der Waals surface area contributed by atoms with E-state index in [2.05, 4.69) is 5.32 Å². The van der Waals surface area contributed by atoms with Crippen LogP contribution in [0, 0.1) is 0 Å². The number of hydrogen-bond acceptors (Lipinski definition) is 4. The SMILES string of the molecule is CC(=O)N1CCc2cc(C(=O)N[C@@H]3CCS(=O)(=O)C3)ccc21. The monoisotopic (exact) mass is 322 g/mol. The number of carbonyl (C=O) groups is 2. The average Bonchev–Trinajstić information content (AvgIpc) is 3.01. The Hall–Kier alpha value is -1.89. The van der Waals surface area contributed by atoms with Crippen LogP contribution in [0.15, 0.2) is 18.2 Å². The van der Waals surface area contributed by atoms with Crippen LogP contribution in [0.4, 0.5) is 5.69 Å². The Balaban J connectivity index is 1.74. The molecule has 0 aromatic heterocycles. The van der Waals surface area contributed by atoms with Gasteiger partial charge in [0.2, 0.25) is 5.91 Å². The highest BCUT2D eigenvalue weighted by Crippen LogP contribution is 2.29. The number of sulfone groups is 1. The molecule has 0 spiro atoms. The summed E-state index contributed by atoms with van der Waals surface area (Å²) in [7, 11) is -3.01. The van der Waals surface area contributed by atoms with Gasteiger partial charge in [0, 0.05) is 30.8 Å². The van der Waals surface area contributed by atoms with Gasteiger partial charge in [0.15, 0.2) is 9.84 Å². The van der Waals surface area contributed by atoms with E-state index in [0.29, 0.717) is 18.5 Å². The summed E-state index contributed by atoms with van der Waals surface area (Å²) in [4.78, 5) is 25.4. The molecule has 0 saturated carbocycles. The van der Waals surface area contributed by atoms with Crippen LogP contribution in [0.1, 0.15) is 29.3 Å². The zero-order valence-electron chi connectivity index (χ0n) is 12.3. The molecule has 1 atom stereocenters. The Morgan fingerprint density at radius 3 is 2.73 bits per heavy atom. The second kappa shape index (κ2) is 5.39. The van der Waals surface area contributed by atoms with Crippen molar-refractivity contribution in [2.75, 3.05) is 23.0 Å². The summed E-state index contributed by atoms with van der Waals surface area (Å²) in [5.74, 6) is -0.115. The van der Waals surface area contributed by atoms with E-state index >= 15 is 0 Å². The molecule has 2 aliphatic rings. The lowest BCUT2D eigenvalue weighted by molar-refractivity contribution is -0.116. The van der Waals surface area contributed by atoms with E-state index in [1.807, 2.05) is 0 Å². The van der Waals surface area contributed by atoms with Gasteiger partial charge < -0.3 is 10.2 Å². The van der Waals surface area contributed by atoms with Gasteiger partial charge >= 0.3 is 0 Å². The van der Waals surface area contributed by atoms with E-state index in [1.165, 1.54) is 6.92 Å². The molecule has 1 fully saturated rings. The Morgan fingerprint density at radius 1 is 1.32 bits per heavy atom. The Morgan fingerprint density at radius 2 is 2.09 bits per heavy atom. The van der Waals surface area contributed by atoms with Crippen molar-refractivity contribution in [2.24, 2.45) is 0 Å². The highest BCUT2D eigenvalue weighted by Gasteiger charge is 2.29. The minimum absolute atomic E-state index is 0.00730. The van der Waals surface area contributed by atoms with Gasteiger partial charge in [-0.2, -0.15) is 0 Å². The molecule has 0 unspecified atom stereocenters. The van der Waals surface area contributed by atoms with Crippen molar-refractivity contribution in [1.82, 2.24) is 5.32 Å². The summed E-state index contributed by atoms with van der Waals surface area (Å²) in [6.45, 7) is 2.16. The Labute approximate surface area is 129 Å². The van der Waals surface area contributed by atoms with Crippen molar-refractivity contribution < 1.29 is 18.0 Å². The standard InChI is InChI=1S/C15H18N2O4S/c1-10(18)17-6-4-11-8-12(2-3-14(11)17)15(19)16-13-5-7-22(20,21)9-13/h2-3,8,13H,4-7,9H2,1H3,(H,16,19)/t13-/m1/s1. The molecule has 0 aliphatic carbocycles. The third kappa shape index (κ3) is 2.85. The molecular formula is C15H18N2O4S. The molecule has 3 rings (SSSR count). The molecule has 118 valence electrons. The summed E-state index contributed by atoms with van der Waals surface area (Å²) in [6.07, 6.45) is 1.20. The zero-order chi connectivity index (χ0) is 15.9. The number of rotatable bonds is 2. The van der Waals surface area contributed by atoms with E-state index in [4.69, 9.17) is 0 Å². The Bertz CT molecular complexity index is 742. The van der Waals surface area contributed by atoms with E-state index in [-0.39, 0.29) is 29.4 Å². The van der Waals surface area contributed by atoms with Crippen molar-refractivity contribution in [1.29, 1.82) is 0 Å². The first-order valence-corrected chi connectivity index (χ1v) is 9.10. The van der Waals surface area contributed by atoms with E-state index in [0.717, 1.165) is 17.7 Å². The van der Waals surface area contributed by atoms with Crippen LogP contribution < -0.4 is 10.2 Å². The van der Waals surface area contributed by atoms with Gasteiger partial charge in [-0.05, 0) is 36.6 Å². The predicted octanol–water partition coefficient (Wildman–Crippen LogP) is 0.513. The number of benzene rings is 1. The van der Waals surface area contributed by atoms with Gasteiger partial charge in [0.25, 0.3) is 5.91 Å². The number of nitrogens with zero attached hydrogens (tertiary/aromatic N) is 1. The molecule has 2 amide bonds. The van der Waals surface area contributed by atoms with Crippen LogP contribution in [0.3, 0.4) is 0 Å². The smallest absolute Gasteiger partial charge is 0.251 e.